The summed E-state index contributed by atoms with van der Waals surface area (Å²) >= 11 is 2.10. The lowest BCUT2D eigenvalue weighted by atomic mass is 9.99. The fourth-order valence-electron chi connectivity index (χ4n) is 2.84. The number of hydrogen-bond acceptors (Lipinski definition) is 3. The van der Waals surface area contributed by atoms with Crippen LogP contribution in [0.4, 0.5) is 0 Å². The Morgan fingerprint density at radius 1 is 1.26 bits per heavy atom. The number of benzene rings is 1. The van der Waals surface area contributed by atoms with E-state index in [0.29, 0.717) is 0 Å². The molecule has 1 aliphatic carbocycles. The summed E-state index contributed by atoms with van der Waals surface area (Å²) in [6.07, 6.45) is 7.00. The molecule has 0 aromatic heterocycles. The average Bonchev–Trinajstić information content (AvgIpc) is 2.45. The number of rotatable bonds is 5. The van der Waals surface area contributed by atoms with E-state index in [-0.39, 0.29) is 6.04 Å². The molecule has 19 heavy (non-hydrogen) atoms. The van der Waals surface area contributed by atoms with Gasteiger partial charge in [-0.25, -0.2) is 0 Å². The van der Waals surface area contributed by atoms with Crippen LogP contribution in [0.5, 0.6) is 0 Å². The summed E-state index contributed by atoms with van der Waals surface area (Å²) in [7, 11) is 0. The summed E-state index contributed by atoms with van der Waals surface area (Å²) in [6.45, 7) is 4.36. The van der Waals surface area contributed by atoms with Gasteiger partial charge in [-0.05, 0) is 43.4 Å². The van der Waals surface area contributed by atoms with Crippen LogP contribution in [0.2, 0.25) is 0 Å². The van der Waals surface area contributed by atoms with E-state index in [1.54, 1.807) is 0 Å². The maximum atomic E-state index is 5.78. The van der Waals surface area contributed by atoms with Crippen molar-refractivity contribution in [1.29, 1.82) is 0 Å². The van der Waals surface area contributed by atoms with Crippen LogP contribution in [-0.2, 0) is 0 Å². The van der Waals surface area contributed by atoms with Crippen molar-refractivity contribution in [2.24, 2.45) is 5.84 Å². The van der Waals surface area contributed by atoms with E-state index in [1.165, 1.54) is 48.8 Å². The van der Waals surface area contributed by atoms with Crippen molar-refractivity contribution in [1.82, 2.24) is 5.43 Å². The largest absolute Gasteiger partial charge is 0.271 e. The molecule has 0 heterocycles. The molecule has 2 rings (SSSR count). The normalized spacial score (nSPS) is 18.5. The summed E-state index contributed by atoms with van der Waals surface area (Å²) in [6, 6.07) is 6.77. The predicted octanol–water partition coefficient (Wildman–Crippen LogP) is 3.87. The number of hydrogen-bond donors (Lipinski definition) is 2. The minimum atomic E-state index is 0.270. The van der Waals surface area contributed by atoms with Gasteiger partial charge in [-0.15, -0.1) is 0 Å². The standard InChI is InChI=1S/C16H26N2S/c1-12-7-6-10-15(13(12)2)16(18-17)11-19-14-8-4-3-5-9-14/h6-7,10,14,16,18H,3-5,8-9,11,17H2,1-2H3. The Kier molecular flexibility index (Phi) is 5.74. The quantitative estimate of drug-likeness (QED) is 0.634. The highest BCUT2D eigenvalue weighted by Gasteiger charge is 2.18. The molecule has 2 nitrogen and oxygen atoms in total. The third kappa shape index (κ3) is 3.98. The Morgan fingerprint density at radius 2 is 2.00 bits per heavy atom. The van der Waals surface area contributed by atoms with Gasteiger partial charge in [0.2, 0.25) is 0 Å². The van der Waals surface area contributed by atoms with Crippen LogP contribution in [0.15, 0.2) is 18.2 Å². The van der Waals surface area contributed by atoms with E-state index in [2.05, 4.69) is 49.2 Å². The Balaban J connectivity index is 1.97. The maximum Gasteiger partial charge on any atom is 0.0553 e. The SMILES string of the molecule is Cc1cccc(C(CSC2CCCCC2)NN)c1C. The van der Waals surface area contributed by atoms with Crippen molar-refractivity contribution in [2.45, 2.75) is 57.2 Å². The molecule has 1 aromatic carbocycles. The molecule has 0 radical (unpaired) electrons. The molecule has 1 aliphatic rings. The van der Waals surface area contributed by atoms with Crippen molar-refractivity contribution in [3.8, 4) is 0 Å². The first kappa shape index (κ1) is 14.9. The van der Waals surface area contributed by atoms with Gasteiger partial charge in [0, 0.05) is 11.0 Å². The Bertz CT molecular complexity index is 400. The third-order valence-electron chi connectivity index (χ3n) is 4.27. The molecular formula is C16H26N2S. The smallest absolute Gasteiger partial charge is 0.0553 e. The van der Waals surface area contributed by atoms with E-state index in [9.17, 15) is 0 Å². The topological polar surface area (TPSA) is 38.0 Å². The molecule has 0 spiro atoms. The second-order valence-electron chi connectivity index (χ2n) is 5.60. The van der Waals surface area contributed by atoms with Crippen molar-refractivity contribution in [3.05, 3.63) is 34.9 Å². The molecular weight excluding hydrogens is 252 g/mol. The molecule has 3 N–H and O–H groups in total. The molecule has 0 bridgehead atoms. The van der Waals surface area contributed by atoms with Crippen LogP contribution >= 0.6 is 11.8 Å². The highest BCUT2D eigenvalue weighted by Crippen LogP contribution is 2.31. The van der Waals surface area contributed by atoms with Crippen LogP contribution in [0.25, 0.3) is 0 Å². The number of aryl methyl sites for hydroxylation is 1. The van der Waals surface area contributed by atoms with Gasteiger partial charge < -0.3 is 0 Å². The van der Waals surface area contributed by atoms with Crippen molar-refractivity contribution >= 4 is 11.8 Å². The zero-order chi connectivity index (χ0) is 13.7. The lowest BCUT2D eigenvalue weighted by molar-refractivity contribution is 0.514. The monoisotopic (exact) mass is 278 g/mol. The number of thioether (sulfide) groups is 1. The minimum absolute atomic E-state index is 0.270. The molecule has 3 heteroatoms. The van der Waals surface area contributed by atoms with Crippen molar-refractivity contribution in [3.63, 3.8) is 0 Å². The van der Waals surface area contributed by atoms with Crippen LogP contribution in [-0.4, -0.2) is 11.0 Å². The van der Waals surface area contributed by atoms with E-state index in [0.717, 1.165) is 11.0 Å². The lowest BCUT2D eigenvalue weighted by Gasteiger charge is -2.25. The number of nitrogens with one attached hydrogen (secondary N) is 1. The van der Waals surface area contributed by atoms with E-state index < -0.39 is 0 Å². The van der Waals surface area contributed by atoms with Crippen molar-refractivity contribution in [2.75, 3.05) is 5.75 Å². The zero-order valence-electron chi connectivity index (χ0n) is 12.1. The second kappa shape index (κ2) is 7.32. The Morgan fingerprint density at radius 3 is 2.68 bits per heavy atom. The van der Waals surface area contributed by atoms with Crippen molar-refractivity contribution < 1.29 is 0 Å². The highest BCUT2D eigenvalue weighted by atomic mass is 32.2. The maximum absolute atomic E-state index is 5.78. The summed E-state index contributed by atoms with van der Waals surface area (Å²) in [5, 5.41) is 0.842. The van der Waals surface area contributed by atoms with E-state index >= 15 is 0 Å². The van der Waals surface area contributed by atoms with Gasteiger partial charge in [-0.2, -0.15) is 11.8 Å². The van der Waals surface area contributed by atoms with Gasteiger partial charge in [0.15, 0.2) is 0 Å². The van der Waals surface area contributed by atoms with Gasteiger partial charge >= 0.3 is 0 Å². The summed E-state index contributed by atoms with van der Waals surface area (Å²) in [5.74, 6) is 6.85. The molecule has 1 atom stereocenters. The molecule has 106 valence electrons. The van der Waals surface area contributed by atoms with Crippen LogP contribution in [0.1, 0.15) is 54.8 Å². The fourth-order valence-corrected chi connectivity index (χ4v) is 4.25. The number of hydrazine groups is 1. The molecule has 0 aliphatic heterocycles. The zero-order valence-corrected chi connectivity index (χ0v) is 12.9. The Hall–Kier alpha value is -0.510. The molecule has 1 saturated carbocycles. The first-order valence-corrected chi connectivity index (χ1v) is 8.41. The molecule has 1 fully saturated rings. The summed E-state index contributed by atoms with van der Waals surface area (Å²) < 4.78 is 0. The first-order valence-electron chi connectivity index (χ1n) is 7.36. The Labute approximate surface area is 121 Å². The molecule has 1 unspecified atom stereocenters. The fraction of sp³-hybridized carbons (Fsp3) is 0.625. The summed E-state index contributed by atoms with van der Waals surface area (Å²) in [5.41, 5.74) is 7.08. The van der Waals surface area contributed by atoms with Gasteiger partial charge in [-0.1, -0.05) is 37.5 Å². The average molecular weight is 278 g/mol. The minimum Gasteiger partial charge on any atom is -0.271 e. The van der Waals surface area contributed by atoms with Crippen LogP contribution in [0, 0.1) is 13.8 Å². The second-order valence-corrected chi connectivity index (χ2v) is 6.94. The molecule has 1 aromatic rings. The molecule has 0 saturated heterocycles. The lowest BCUT2D eigenvalue weighted by Crippen LogP contribution is -2.31. The predicted molar refractivity (Wildman–Crippen MR) is 85.3 cm³/mol. The van der Waals surface area contributed by atoms with Crippen LogP contribution < -0.4 is 11.3 Å². The third-order valence-corrected chi connectivity index (χ3v) is 5.74. The van der Waals surface area contributed by atoms with Crippen LogP contribution in [0.3, 0.4) is 0 Å². The van der Waals surface area contributed by atoms with Gasteiger partial charge in [-0.3, -0.25) is 11.3 Å². The molecule has 0 amide bonds. The van der Waals surface area contributed by atoms with E-state index in [4.69, 9.17) is 5.84 Å². The van der Waals surface area contributed by atoms with Gasteiger partial charge in [0.25, 0.3) is 0 Å². The van der Waals surface area contributed by atoms with Gasteiger partial charge in [0.05, 0.1) is 6.04 Å². The highest BCUT2D eigenvalue weighted by molar-refractivity contribution is 7.99. The summed E-state index contributed by atoms with van der Waals surface area (Å²) in [4.78, 5) is 0. The number of nitrogens with two attached hydrogens (primary N) is 1. The van der Waals surface area contributed by atoms with Gasteiger partial charge in [0.1, 0.15) is 0 Å². The first-order chi connectivity index (χ1) is 9.22. The van der Waals surface area contributed by atoms with E-state index in [1.807, 2.05) is 0 Å².